The lowest BCUT2D eigenvalue weighted by Gasteiger charge is -2.15. The molecule has 1 aromatic heterocycles. The summed E-state index contributed by atoms with van der Waals surface area (Å²) in [5.41, 5.74) is 5.25. The zero-order chi connectivity index (χ0) is 12.3. The Bertz CT molecular complexity index is 496. The summed E-state index contributed by atoms with van der Waals surface area (Å²) in [7, 11) is 1.67. The van der Waals surface area contributed by atoms with Crippen LogP contribution in [0.4, 0.5) is 0 Å². The van der Waals surface area contributed by atoms with Gasteiger partial charge in [-0.3, -0.25) is 5.84 Å². The smallest absolute Gasteiger partial charge is 0.129 e. The van der Waals surface area contributed by atoms with Crippen LogP contribution < -0.4 is 16.0 Å². The van der Waals surface area contributed by atoms with Gasteiger partial charge in [-0.05, 0) is 18.6 Å². The Labute approximate surface area is 105 Å². The van der Waals surface area contributed by atoms with Crippen LogP contribution >= 0.6 is 11.3 Å². The second-order valence-corrected chi connectivity index (χ2v) is 4.85. The molecule has 17 heavy (non-hydrogen) atoms. The van der Waals surface area contributed by atoms with E-state index in [0.717, 1.165) is 16.2 Å². The summed E-state index contributed by atoms with van der Waals surface area (Å²) < 4.78 is 5.19. The summed E-state index contributed by atoms with van der Waals surface area (Å²) >= 11 is 1.64. The van der Waals surface area contributed by atoms with Crippen LogP contribution in [0.25, 0.3) is 0 Å². The molecule has 2 aromatic rings. The molecular weight excluding hydrogens is 232 g/mol. The summed E-state index contributed by atoms with van der Waals surface area (Å²) in [5.74, 6) is 6.53. The molecule has 0 spiro atoms. The van der Waals surface area contributed by atoms with E-state index in [2.05, 4.69) is 30.5 Å². The minimum Gasteiger partial charge on any atom is -0.496 e. The molecule has 4 heteroatoms. The maximum Gasteiger partial charge on any atom is 0.129 e. The molecule has 3 N–H and O–H groups in total. The van der Waals surface area contributed by atoms with Gasteiger partial charge in [0.1, 0.15) is 5.75 Å². The summed E-state index contributed by atoms with van der Waals surface area (Å²) in [4.78, 5) is 1.15. The van der Waals surface area contributed by atoms with E-state index in [9.17, 15) is 0 Å². The quantitative estimate of drug-likeness (QED) is 0.646. The van der Waals surface area contributed by atoms with Crippen molar-refractivity contribution in [2.24, 2.45) is 5.84 Å². The lowest BCUT2D eigenvalue weighted by atomic mass is 10.0. The zero-order valence-corrected chi connectivity index (χ0v) is 10.8. The molecule has 0 saturated heterocycles. The van der Waals surface area contributed by atoms with Crippen molar-refractivity contribution in [3.05, 3.63) is 51.7 Å². The molecule has 0 aliphatic rings. The summed E-state index contributed by atoms with van der Waals surface area (Å²) in [6.45, 7) is 2.08. The number of rotatable bonds is 4. The van der Waals surface area contributed by atoms with E-state index in [4.69, 9.17) is 10.6 Å². The summed E-state index contributed by atoms with van der Waals surface area (Å²) in [6, 6.07) is 10.4. The van der Waals surface area contributed by atoms with Gasteiger partial charge in [0.15, 0.2) is 0 Å². The maximum atomic E-state index is 5.65. The van der Waals surface area contributed by atoms with E-state index in [0.29, 0.717) is 0 Å². The minimum absolute atomic E-state index is 0.0174. The highest BCUT2D eigenvalue weighted by Gasteiger charge is 2.14. The van der Waals surface area contributed by atoms with Crippen LogP contribution in [0.3, 0.4) is 0 Å². The molecule has 0 aliphatic heterocycles. The normalized spacial score (nSPS) is 12.4. The number of hydrogen-bond donors (Lipinski definition) is 2. The number of nitrogens with two attached hydrogens (primary N) is 1. The Kier molecular flexibility index (Phi) is 3.78. The maximum absolute atomic E-state index is 5.65. The van der Waals surface area contributed by atoms with E-state index >= 15 is 0 Å². The number of nitrogens with one attached hydrogen (secondary N) is 1. The second-order valence-electron chi connectivity index (χ2n) is 3.90. The molecule has 0 saturated carbocycles. The average molecular weight is 248 g/mol. The van der Waals surface area contributed by atoms with Crippen molar-refractivity contribution < 1.29 is 4.74 Å². The highest BCUT2D eigenvalue weighted by molar-refractivity contribution is 7.10. The van der Waals surface area contributed by atoms with Gasteiger partial charge in [-0.25, -0.2) is 5.43 Å². The van der Waals surface area contributed by atoms with Crippen LogP contribution in [0.5, 0.6) is 5.75 Å². The minimum atomic E-state index is 0.0174. The van der Waals surface area contributed by atoms with E-state index in [1.807, 2.05) is 17.5 Å². The molecular formula is C13H16N2OS. The van der Waals surface area contributed by atoms with Crippen molar-refractivity contribution >= 4 is 11.3 Å². The highest BCUT2D eigenvalue weighted by atomic mass is 32.1. The monoisotopic (exact) mass is 248 g/mol. The molecule has 90 valence electrons. The lowest BCUT2D eigenvalue weighted by Crippen LogP contribution is -2.28. The number of aryl methyl sites for hydroxylation is 1. The molecule has 1 atom stereocenters. The molecule has 1 unspecified atom stereocenters. The number of hydrazine groups is 1. The van der Waals surface area contributed by atoms with Crippen molar-refractivity contribution in [1.82, 2.24) is 5.43 Å². The lowest BCUT2D eigenvalue weighted by molar-refractivity contribution is 0.416. The fraction of sp³-hybridized carbons (Fsp3) is 0.231. The molecule has 0 radical (unpaired) electrons. The summed E-state index contributed by atoms with van der Waals surface area (Å²) in [5, 5.41) is 1.98. The third-order valence-corrected chi connectivity index (χ3v) is 3.63. The van der Waals surface area contributed by atoms with Gasteiger partial charge in [0, 0.05) is 10.3 Å². The topological polar surface area (TPSA) is 47.3 Å². The van der Waals surface area contributed by atoms with Crippen molar-refractivity contribution in [3.63, 3.8) is 0 Å². The van der Waals surface area contributed by atoms with Crippen LogP contribution in [0.1, 0.15) is 22.0 Å². The van der Waals surface area contributed by atoms with Gasteiger partial charge in [0.05, 0.1) is 13.2 Å². The number of benzene rings is 1. The first-order valence-corrected chi connectivity index (χ1v) is 6.27. The molecule has 0 amide bonds. The third kappa shape index (κ3) is 2.66. The molecule has 0 bridgehead atoms. The van der Waals surface area contributed by atoms with Crippen LogP contribution in [0.15, 0.2) is 35.7 Å². The van der Waals surface area contributed by atoms with Gasteiger partial charge < -0.3 is 4.74 Å². The van der Waals surface area contributed by atoms with Gasteiger partial charge in [-0.1, -0.05) is 29.8 Å². The largest absolute Gasteiger partial charge is 0.496 e. The molecule has 3 nitrogen and oxygen atoms in total. The molecule has 0 fully saturated rings. The predicted molar refractivity (Wildman–Crippen MR) is 71.2 cm³/mol. The van der Waals surface area contributed by atoms with Crippen LogP contribution in [0, 0.1) is 6.92 Å². The fourth-order valence-electron chi connectivity index (χ4n) is 1.79. The number of hydrogen-bond acceptors (Lipinski definition) is 4. The zero-order valence-electron chi connectivity index (χ0n) is 9.94. The summed E-state index contributed by atoms with van der Waals surface area (Å²) in [6.07, 6.45) is 0. The Morgan fingerprint density at radius 1 is 1.35 bits per heavy atom. The Morgan fingerprint density at radius 2 is 2.18 bits per heavy atom. The first-order chi connectivity index (χ1) is 8.24. The first kappa shape index (κ1) is 12.1. The SMILES string of the molecule is COc1csc(C(NN)c2cccc(C)c2)c1. The van der Waals surface area contributed by atoms with E-state index in [1.165, 1.54) is 5.56 Å². The first-order valence-electron chi connectivity index (χ1n) is 5.39. The van der Waals surface area contributed by atoms with Gasteiger partial charge in [0.2, 0.25) is 0 Å². The molecule has 1 aromatic carbocycles. The average Bonchev–Trinajstić information content (AvgIpc) is 2.79. The van der Waals surface area contributed by atoms with Crippen molar-refractivity contribution in [2.45, 2.75) is 13.0 Å². The second kappa shape index (κ2) is 5.31. The fourth-order valence-corrected chi connectivity index (χ4v) is 2.73. The number of thiophene rings is 1. The Morgan fingerprint density at radius 3 is 2.76 bits per heavy atom. The predicted octanol–water partition coefficient (Wildman–Crippen LogP) is 2.62. The number of methoxy groups -OCH3 is 1. The molecule has 1 heterocycles. The Balaban J connectivity index is 2.33. The van der Waals surface area contributed by atoms with Crippen LogP contribution in [-0.2, 0) is 0 Å². The van der Waals surface area contributed by atoms with Gasteiger partial charge in [0.25, 0.3) is 0 Å². The number of ether oxygens (including phenoxy) is 1. The highest BCUT2D eigenvalue weighted by Crippen LogP contribution is 2.30. The van der Waals surface area contributed by atoms with E-state index in [1.54, 1.807) is 18.4 Å². The van der Waals surface area contributed by atoms with E-state index in [-0.39, 0.29) is 6.04 Å². The van der Waals surface area contributed by atoms with Gasteiger partial charge in [-0.15, -0.1) is 11.3 Å². The molecule has 0 aliphatic carbocycles. The Hall–Kier alpha value is -1.36. The van der Waals surface area contributed by atoms with Crippen LogP contribution in [0.2, 0.25) is 0 Å². The van der Waals surface area contributed by atoms with Crippen LogP contribution in [-0.4, -0.2) is 7.11 Å². The standard InChI is InChI=1S/C13H16N2OS/c1-9-4-3-5-10(6-9)13(15-14)12-7-11(16-2)8-17-12/h3-8,13,15H,14H2,1-2H3. The van der Waals surface area contributed by atoms with Gasteiger partial charge in [-0.2, -0.15) is 0 Å². The van der Waals surface area contributed by atoms with Crippen molar-refractivity contribution in [3.8, 4) is 5.75 Å². The van der Waals surface area contributed by atoms with E-state index < -0.39 is 0 Å². The van der Waals surface area contributed by atoms with Crippen molar-refractivity contribution in [2.75, 3.05) is 7.11 Å². The third-order valence-electron chi connectivity index (χ3n) is 2.66. The van der Waals surface area contributed by atoms with Crippen molar-refractivity contribution in [1.29, 1.82) is 0 Å². The molecule has 2 rings (SSSR count). The van der Waals surface area contributed by atoms with Gasteiger partial charge >= 0.3 is 0 Å².